The molecule has 2 aliphatic heterocycles. The smallest absolute Gasteiger partial charge is 0.247 e. The zero-order valence-electron chi connectivity index (χ0n) is 22.4. The molecule has 2 bridgehead atoms. The van der Waals surface area contributed by atoms with Gasteiger partial charge in [-0.15, -0.1) is 0 Å². The van der Waals surface area contributed by atoms with Crippen molar-refractivity contribution in [3.05, 3.63) is 106 Å². The number of nitrogens with zero attached hydrogens (tertiary/aromatic N) is 1. The number of rotatable bonds is 1. The molecule has 0 radical (unpaired) electrons. The van der Waals surface area contributed by atoms with Crippen LogP contribution < -0.4 is 21.3 Å². The number of benzene rings is 4. The molecule has 0 unspecified atom stereocenters. The zero-order chi connectivity index (χ0) is 25.1. The molecular formula is C35H34BN. The van der Waals surface area contributed by atoms with Crippen LogP contribution in [0.3, 0.4) is 0 Å². The van der Waals surface area contributed by atoms with Gasteiger partial charge in [0.15, 0.2) is 0 Å². The molecule has 1 saturated carbocycles. The van der Waals surface area contributed by atoms with Gasteiger partial charge in [-0.1, -0.05) is 80.0 Å². The van der Waals surface area contributed by atoms with Gasteiger partial charge in [-0.2, -0.15) is 0 Å². The Kier molecular flexibility index (Phi) is 4.36. The largest absolute Gasteiger partial charge is 0.311 e. The Balaban J connectivity index is 1.56. The Labute approximate surface area is 221 Å². The summed E-state index contributed by atoms with van der Waals surface area (Å²) in [7, 11) is 0. The van der Waals surface area contributed by atoms with Gasteiger partial charge in [0.25, 0.3) is 0 Å². The van der Waals surface area contributed by atoms with Crippen LogP contribution in [-0.2, 0) is 5.41 Å². The van der Waals surface area contributed by atoms with Crippen molar-refractivity contribution in [2.75, 3.05) is 4.90 Å². The first-order valence-electron chi connectivity index (χ1n) is 14.2. The minimum Gasteiger partial charge on any atom is -0.311 e. The maximum absolute atomic E-state index is 2.66. The summed E-state index contributed by atoms with van der Waals surface area (Å²) >= 11 is 0. The molecule has 0 amide bonds. The van der Waals surface area contributed by atoms with Crippen LogP contribution in [0.25, 0.3) is 0 Å². The molecule has 5 aliphatic rings. The molecule has 2 heteroatoms. The third kappa shape index (κ3) is 2.72. The lowest BCUT2D eigenvalue weighted by molar-refractivity contribution is 0.353. The maximum atomic E-state index is 2.66. The fraction of sp³-hybridized carbons (Fsp3) is 0.314. The van der Waals surface area contributed by atoms with E-state index in [4.69, 9.17) is 0 Å². The van der Waals surface area contributed by atoms with Crippen LogP contribution in [0, 0.1) is 13.8 Å². The average molecular weight is 479 g/mol. The van der Waals surface area contributed by atoms with E-state index in [2.05, 4.69) is 105 Å². The highest BCUT2D eigenvalue weighted by atomic mass is 15.2. The number of aryl methyl sites for hydroxylation is 2. The SMILES string of the molecule is Cc1cccc(C)c1N1c2ccccc2B2c3ccccc3C(C)(C)c3c2c1cc1c3C2CCC1CC2. The van der Waals surface area contributed by atoms with Crippen molar-refractivity contribution < 1.29 is 0 Å². The van der Waals surface area contributed by atoms with Gasteiger partial charge in [0.2, 0.25) is 6.71 Å². The molecule has 0 aromatic heterocycles. The third-order valence-electron chi connectivity index (χ3n) is 10.2. The molecule has 0 spiro atoms. The predicted octanol–water partition coefficient (Wildman–Crippen LogP) is 7.00. The van der Waals surface area contributed by atoms with Gasteiger partial charge < -0.3 is 4.90 Å². The lowest BCUT2D eigenvalue weighted by atomic mass is 9.29. The molecule has 4 aromatic rings. The molecule has 4 aromatic carbocycles. The summed E-state index contributed by atoms with van der Waals surface area (Å²) in [5.74, 6) is 1.43. The van der Waals surface area contributed by atoms with E-state index in [1.54, 1.807) is 22.2 Å². The standard InChI is InChI=1S/C35H34BN/c1-21-10-9-11-22(2)34(21)37-29-15-8-7-14-28(29)36-27-13-6-5-12-26(27)35(3,4)32-31-24-18-16-23(17-19-24)25(31)20-30(37)33(32)36/h5-15,20,23-24H,16-19H2,1-4H3. The molecule has 1 nitrogen and oxygen atoms in total. The Morgan fingerprint density at radius 1 is 0.730 bits per heavy atom. The summed E-state index contributed by atoms with van der Waals surface area (Å²) < 4.78 is 0. The van der Waals surface area contributed by atoms with Crippen molar-refractivity contribution in [2.45, 2.75) is 70.6 Å². The van der Waals surface area contributed by atoms with Crippen molar-refractivity contribution >= 4 is 40.2 Å². The molecule has 0 atom stereocenters. The van der Waals surface area contributed by atoms with E-state index in [0.717, 1.165) is 5.92 Å². The van der Waals surface area contributed by atoms with E-state index in [-0.39, 0.29) is 12.1 Å². The van der Waals surface area contributed by atoms with Crippen LogP contribution in [0.5, 0.6) is 0 Å². The fourth-order valence-corrected chi connectivity index (χ4v) is 8.74. The van der Waals surface area contributed by atoms with Crippen molar-refractivity contribution in [1.82, 2.24) is 0 Å². The van der Waals surface area contributed by atoms with E-state index < -0.39 is 0 Å². The summed E-state index contributed by atoms with van der Waals surface area (Å²) in [5.41, 5.74) is 17.9. The molecule has 3 aliphatic carbocycles. The third-order valence-corrected chi connectivity index (χ3v) is 10.2. The van der Waals surface area contributed by atoms with Crippen LogP contribution in [0.2, 0.25) is 0 Å². The topological polar surface area (TPSA) is 3.24 Å². The van der Waals surface area contributed by atoms with Crippen LogP contribution in [0.4, 0.5) is 17.1 Å². The zero-order valence-corrected chi connectivity index (χ0v) is 22.4. The second-order valence-corrected chi connectivity index (χ2v) is 12.5. The average Bonchev–Trinajstić information content (AvgIpc) is 2.91. The van der Waals surface area contributed by atoms with Crippen molar-refractivity contribution in [1.29, 1.82) is 0 Å². The van der Waals surface area contributed by atoms with E-state index in [1.807, 2.05) is 0 Å². The fourth-order valence-electron chi connectivity index (χ4n) is 8.74. The summed E-state index contributed by atoms with van der Waals surface area (Å²) in [6.45, 7) is 9.86. The Bertz CT molecular complexity index is 1580. The first-order chi connectivity index (χ1) is 18.0. The maximum Gasteiger partial charge on any atom is 0.247 e. The monoisotopic (exact) mass is 479 g/mol. The molecule has 0 N–H and O–H groups in total. The summed E-state index contributed by atoms with van der Waals surface area (Å²) in [6, 6.07) is 28.0. The molecule has 9 rings (SSSR count). The number of anilines is 3. The highest BCUT2D eigenvalue weighted by Crippen LogP contribution is 2.55. The summed E-state index contributed by atoms with van der Waals surface area (Å²) in [5, 5.41) is 0. The van der Waals surface area contributed by atoms with E-state index >= 15 is 0 Å². The van der Waals surface area contributed by atoms with Crippen LogP contribution in [-0.4, -0.2) is 6.71 Å². The predicted molar refractivity (Wildman–Crippen MR) is 158 cm³/mol. The van der Waals surface area contributed by atoms with Crippen molar-refractivity contribution in [2.24, 2.45) is 0 Å². The molecular weight excluding hydrogens is 445 g/mol. The van der Waals surface area contributed by atoms with Gasteiger partial charge in [0, 0.05) is 16.8 Å². The second-order valence-electron chi connectivity index (χ2n) is 12.5. The van der Waals surface area contributed by atoms with Crippen LogP contribution in [0.1, 0.15) is 84.7 Å². The summed E-state index contributed by atoms with van der Waals surface area (Å²) in [4.78, 5) is 2.64. The quantitative estimate of drug-likeness (QED) is 0.234. The number of para-hydroxylation sites is 2. The highest BCUT2D eigenvalue weighted by Gasteiger charge is 2.50. The van der Waals surface area contributed by atoms with Gasteiger partial charge in [0.1, 0.15) is 0 Å². The highest BCUT2D eigenvalue weighted by molar-refractivity contribution is 6.99. The van der Waals surface area contributed by atoms with Gasteiger partial charge in [-0.3, -0.25) is 0 Å². The minimum absolute atomic E-state index is 0.0151. The number of hydrogen-bond donors (Lipinski definition) is 0. The second kappa shape index (κ2) is 7.41. The van der Waals surface area contributed by atoms with Crippen molar-refractivity contribution in [3.63, 3.8) is 0 Å². The van der Waals surface area contributed by atoms with Crippen molar-refractivity contribution in [3.8, 4) is 0 Å². The Morgan fingerprint density at radius 3 is 2.14 bits per heavy atom. The van der Waals surface area contributed by atoms with Gasteiger partial charge in [-0.05, 0) is 108 Å². The Morgan fingerprint density at radius 2 is 1.38 bits per heavy atom. The lowest BCUT2D eigenvalue weighted by Gasteiger charge is -2.50. The van der Waals surface area contributed by atoms with Gasteiger partial charge in [0.05, 0.1) is 5.69 Å². The molecule has 1 fully saturated rings. The van der Waals surface area contributed by atoms with Crippen LogP contribution in [0.15, 0.2) is 72.8 Å². The van der Waals surface area contributed by atoms with Gasteiger partial charge in [-0.25, -0.2) is 0 Å². The lowest BCUT2D eigenvalue weighted by Crippen LogP contribution is -2.64. The number of hydrogen-bond acceptors (Lipinski definition) is 1. The minimum atomic E-state index is -0.0151. The normalized spacial score (nSPS) is 21.7. The van der Waals surface area contributed by atoms with E-state index in [1.165, 1.54) is 70.4 Å². The van der Waals surface area contributed by atoms with Crippen LogP contribution >= 0.6 is 0 Å². The Hall–Kier alpha value is -3.26. The van der Waals surface area contributed by atoms with E-state index in [9.17, 15) is 0 Å². The first-order valence-corrected chi connectivity index (χ1v) is 14.2. The number of fused-ring (bicyclic) bond motifs is 6. The van der Waals surface area contributed by atoms with E-state index in [0.29, 0.717) is 5.92 Å². The summed E-state index contributed by atoms with van der Waals surface area (Å²) in [6.07, 6.45) is 5.44. The first kappa shape index (κ1) is 21.8. The van der Waals surface area contributed by atoms with Gasteiger partial charge >= 0.3 is 0 Å². The molecule has 2 heterocycles. The molecule has 0 saturated heterocycles. The molecule has 37 heavy (non-hydrogen) atoms. The molecule has 182 valence electrons.